The zero-order chi connectivity index (χ0) is 14.8. The van der Waals surface area contributed by atoms with Gasteiger partial charge < -0.3 is 5.32 Å². The quantitative estimate of drug-likeness (QED) is 0.855. The third-order valence-corrected chi connectivity index (χ3v) is 4.49. The Morgan fingerprint density at radius 3 is 2.24 bits per heavy atom. The fourth-order valence-corrected chi connectivity index (χ4v) is 3.18. The highest BCUT2D eigenvalue weighted by Crippen LogP contribution is 2.26. The molecule has 1 unspecified atom stereocenters. The lowest BCUT2D eigenvalue weighted by Gasteiger charge is -2.21. The van der Waals surface area contributed by atoms with Gasteiger partial charge in [0.2, 0.25) is 0 Å². The fourth-order valence-electron chi connectivity index (χ4n) is 3.18. The van der Waals surface area contributed by atoms with Gasteiger partial charge in [-0.25, -0.2) is 4.39 Å². The van der Waals surface area contributed by atoms with Crippen LogP contribution in [0, 0.1) is 5.82 Å². The summed E-state index contributed by atoms with van der Waals surface area (Å²) in [4.78, 5) is 0. The summed E-state index contributed by atoms with van der Waals surface area (Å²) in [5.41, 5.74) is 5.47. The van der Waals surface area contributed by atoms with Crippen LogP contribution in [0.3, 0.4) is 0 Å². The van der Waals surface area contributed by atoms with E-state index in [4.69, 9.17) is 0 Å². The SMILES string of the molecule is CC(N[C@@H](C)c1ccc(F)cc1)c1ccc2c(c1)CCC2. The van der Waals surface area contributed by atoms with E-state index < -0.39 is 0 Å². The van der Waals surface area contributed by atoms with Gasteiger partial charge in [0.05, 0.1) is 0 Å². The van der Waals surface area contributed by atoms with E-state index >= 15 is 0 Å². The highest BCUT2D eigenvalue weighted by molar-refractivity contribution is 5.36. The van der Waals surface area contributed by atoms with Crippen molar-refractivity contribution in [2.45, 2.75) is 45.2 Å². The van der Waals surface area contributed by atoms with E-state index in [0.29, 0.717) is 0 Å². The molecule has 1 nitrogen and oxygen atoms in total. The largest absolute Gasteiger partial charge is 0.304 e. The molecule has 2 heteroatoms. The van der Waals surface area contributed by atoms with Crippen molar-refractivity contribution in [2.24, 2.45) is 0 Å². The molecule has 0 aromatic heterocycles. The molecule has 0 aliphatic heterocycles. The summed E-state index contributed by atoms with van der Waals surface area (Å²) < 4.78 is 13.0. The first-order valence-electron chi connectivity index (χ1n) is 7.76. The second-order valence-electron chi connectivity index (χ2n) is 6.04. The summed E-state index contributed by atoms with van der Waals surface area (Å²) in [6.45, 7) is 4.31. The molecule has 0 bridgehead atoms. The van der Waals surface area contributed by atoms with E-state index in [9.17, 15) is 4.39 Å². The average molecular weight is 283 g/mol. The lowest BCUT2D eigenvalue weighted by molar-refractivity contribution is 0.493. The Balaban J connectivity index is 1.70. The lowest BCUT2D eigenvalue weighted by atomic mass is 10.0. The van der Waals surface area contributed by atoms with Crippen molar-refractivity contribution in [1.82, 2.24) is 5.32 Å². The summed E-state index contributed by atoms with van der Waals surface area (Å²) in [5, 5.41) is 3.60. The van der Waals surface area contributed by atoms with Crippen molar-refractivity contribution in [3.63, 3.8) is 0 Å². The molecular formula is C19H22FN. The molecule has 1 N–H and O–H groups in total. The Hall–Kier alpha value is -1.67. The molecule has 2 aromatic carbocycles. The number of fused-ring (bicyclic) bond motifs is 1. The standard InChI is InChI=1S/C19H22FN/c1-13(15-8-10-19(20)11-9-15)21-14(2)17-7-6-16-4-3-5-18(16)12-17/h6-14,21H,3-5H2,1-2H3/t13-,14?/m0/s1. The van der Waals surface area contributed by atoms with Crippen LogP contribution >= 0.6 is 0 Å². The molecule has 1 aliphatic carbocycles. The number of benzene rings is 2. The number of rotatable bonds is 4. The van der Waals surface area contributed by atoms with Crippen LogP contribution in [0.5, 0.6) is 0 Å². The van der Waals surface area contributed by atoms with Crippen LogP contribution in [-0.2, 0) is 12.8 Å². The summed E-state index contributed by atoms with van der Waals surface area (Å²) in [7, 11) is 0. The van der Waals surface area contributed by atoms with Crippen LogP contribution in [-0.4, -0.2) is 0 Å². The molecule has 21 heavy (non-hydrogen) atoms. The highest BCUT2D eigenvalue weighted by atomic mass is 19.1. The van der Waals surface area contributed by atoms with Crippen molar-refractivity contribution in [2.75, 3.05) is 0 Å². The third kappa shape index (κ3) is 3.16. The maximum absolute atomic E-state index is 13.0. The van der Waals surface area contributed by atoms with Crippen molar-refractivity contribution in [1.29, 1.82) is 0 Å². The Kier molecular flexibility index (Phi) is 4.07. The van der Waals surface area contributed by atoms with Crippen LogP contribution < -0.4 is 5.32 Å². The molecule has 3 rings (SSSR count). The van der Waals surface area contributed by atoms with Crippen LogP contribution in [0.4, 0.5) is 4.39 Å². The Morgan fingerprint density at radius 1 is 0.857 bits per heavy atom. The van der Waals surface area contributed by atoms with Gasteiger partial charge in [0.1, 0.15) is 5.82 Å². The number of halogens is 1. The second kappa shape index (κ2) is 5.98. The van der Waals surface area contributed by atoms with Crippen LogP contribution in [0.15, 0.2) is 42.5 Å². The lowest BCUT2D eigenvalue weighted by Crippen LogP contribution is -2.22. The predicted octanol–water partition coefficient (Wildman–Crippen LogP) is 4.73. The Morgan fingerprint density at radius 2 is 1.48 bits per heavy atom. The molecule has 110 valence electrons. The van der Waals surface area contributed by atoms with Gasteiger partial charge in [0, 0.05) is 12.1 Å². The van der Waals surface area contributed by atoms with Gasteiger partial charge in [0.25, 0.3) is 0 Å². The maximum Gasteiger partial charge on any atom is 0.123 e. The summed E-state index contributed by atoms with van der Waals surface area (Å²) in [6, 6.07) is 14.1. The van der Waals surface area contributed by atoms with Crippen LogP contribution in [0.1, 0.15) is 54.6 Å². The van der Waals surface area contributed by atoms with E-state index in [0.717, 1.165) is 5.56 Å². The first kappa shape index (κ1) is 14.3. The van der Waals surface area contributed by atoms with Crippen LogP contribution in [0.2, 0.25) is 0 Å². The first-order valence-corrected chi connectivity index (χ1v) is 7.76. The predicted molar refractivity (Wildman–Crippen MR) is 84.8 cm³/mol. The molecule has 2 atom stereocenters. The Labute approximate surface area is 126 Å². The normalized spacial score (nSPS) is 16.5. The summed E-state index contributed by atoms with van der Waals surface area (Å²) in [5.74, 6) is -0.183. The van der Waals surface area contributed by atoms with E-state index in [2.05, 4.69) is 37.4 Å². The van der Waals surface area contributed by atoms with Gasteiger partial charge in [0.15, 0.2) is 0 Å². The third-order valence-electron chi connectivity index (χ3n) is 4.49. The number of hydrogen-bond acceptors (Lipinski definition) is 1. The molecule has 1 aliphatic rings. The summed E-state index contributed by atoms with van der Waals surface area (Å²) in [6.07, 6.45) is 3.72. The monoisotopic (exact) mass is 283 g/mol. The van der Waals surface area contributed by atoms with Gasteiger partial charge in [-0.15, -0.1) is 0 Å². The molecule has 0 radical (unpaired) electrons. The van der Waals surface area contributed by atoms with Gasteiger partial charge >= 0.3 is 0 Å². The number of aryl methyl sites for hydroxylation is 2. The van der Waals surface area contributed by atoms with Gasteiger partial charge in [-0.2, -0.15) is 0 Å². The molecule has 0 amide bonds. The van der Waals surface area contributed by atoms with E-state index in [1.807, 2.05) is 12.1 Å². The van der Waals surface area contributed by atoms with Crippen molar-refractivity contribution >= 4 is 0 Å². The van der Waals surface area contributed by atoms with Gasteiger partial charge in [-0.05, 0) is 67.5 Å². The van der Waals surface area contributed by atoms with Crippen LogP contribution in [0.25, 0.3) is 0 Å². The molecule has 0 spiro atoms. The number of hydrogen-bond donors (Lipinski definition) is 1. The summed E-state index contributed by atoms with van der Waals surface area (Å²) >= 11 is 0. The van der Waals surface area contributed by atoms with Crippen molar-refractivity contribution < 1.29 is 4.39 Å². The fraction of sp³-hybridized carbons (Fsp3) is 0.368. The topological polar surface area (TPSA) is 12.0 Å². The first-order chi connectivity index (χ1) is 10.1. The van der Waals surface area contributed by atoms with Gasteiger partial charge in [-0.1, -0.05) is 30.3 Å². The minimum absolute atomic E-state index is 0.183. The minimum atomic E-state index is -0.183. The molecule has 0 saturated heterocycles. The average Bonchev–Trinajstić information content (AvgIpc) is 2.95. The van der Waals surface area contributed by atoms with Crippen molar-refractivity contribution in [3.05, 3.63) is 70.5 Å². The van der Waals surface area contributed by atoms with E-state index in [1.54, 1.807) is 0 Å². The highest BCUT2D eigenvalue weighted by Gasteiger charge is 2.15. The van der Waals surface area contributed by atoms with Crippen molar-refractivity contribution in [3.8, 4) is 0 Å². The molecule has 2 aromatic rings. The Bertz CT molecular complexity index is 618. The van der Waals surface area contributed by atoms with E-state index in [1.165, 1.54) is 48.1 Å². The van der Waals surface area contributed by atoms with E-state index in [-0.39, 0.29) is 17.9 Å². The zero-order valence-electron chi connectivity index (χ0n) is 12.7. The molecule has 0 fully saturated rings. The maximum atomic E-state index is 13.0. The minimum Gasteiger partial charge on any atom is -0.304 e. The van der Waals surface area contributed by atoms with Gasteiger partial charge in [-0.3, -0.25) is 0 Å². The smallest absolute Gasteiger partial charge is 0.123 e. The molecule has 0 saturated carbocycles. The zero-order valence-corrected chi connectivity index (χ0v) is 12.7. The number of nitrogens with one attached hydrogen (secondary N) is 1. The molecule has 0 heterocycles. The second-order valence-corrected chi connectivity index (χ2v) is 6.04. The molecular weight excluding hydrogens is 261 g/mol.